The van der Waals surface area contributed by atoms with E-state index in [1.165, 1.54) is 30.3 Å². The van der Waals surface area contributed by atoms with Crippen LogP contribution in [0.1, 0.15) is 21.2 Å². The molecule has 0 aliphatic rings. The molecule has 0 aliphatic heterocycles. The van der Waals surface area contributed by atoms with Crippen molar-refractivity contribution in [2.45, 2.75) is 5.25 Å². The zero-order valence-corrected chi connectivity index (χ0v) is 14.6. The Bertz CT molecular complexity index is 1090. The number of aromatic carboxylic acids is 1. The minimum Gasteiger partial charge on any atom is -0.478 e. The molecule has 1 atom stereocenters. The second-order valence-corrected chi connectivity index (χ2v) is 7.83. The van der Waals surface area contributed by atoms with Gasteiger partial charge in [-0.2, -0.15) is 8.42 Å². The lowest BCUT2D eigenvalue weighted by Crippen LogP contribution is -2.27. The standard InChI is InChI=1S/C16H12N2O6S2/c19-14(13(26(22,23)24)9-4-2-1-3-5-9)18-16-17-11-7-6-10(15(20)21)8-12(11)25-16/h1-8,13H,(H,20,21)(H,17,18,19)(H,22,23,24). The maximum Gasteiger partial charge on any atom is 0.335 e. The first-order valence-corrected chi connectivity index (χ1v) is 9.53. The summed E-state index contributed by atoms with van der Waals surface area (Å²) in [7, 11) is -4.70. The fourth-order valence-electron chi connectivity index (χ4n) is 2.37. The van der Waals surface area contributed by atoms with Crippen LogP contribution in [0.3, 0.4) is 0 Å². The van der Waals surface area contributed by atoms with Crippen LogP contribution in [0.5, 0.6) is 0 Å². The molecule has 1 aromatic heterocycles. The summed E-state index contributed by atoms with van der Waals surface area (Å²) >= 11 is 0.998. The van der Waals surface area contributed by atoms with Gasteiger partial charge in [0.25, 0.3) is 16.0 Å². The number of nitrogens with one attached hydrogen (secondary N) is 1. The monoisotopic (exact) mass is 392 g/mol. The van der Waals surface area contributed by atoms with Gasteiger partial charge in [0.2, 0.25) is 0 Å². The van der Waals surface area contributed by atoms with Gasteiger partial charge in [-0.1, -0.05) is 41.7 Å². The first-order valence-electron chi connectivity index (χ1n) is 7.21. The van der Waals surface area contributed by atoms with Crippen molar-refractivity contribution in [2.24, 2.45) is 0 Å². The van der Waals surface area contributed by atoms with Gasteiger partial charge < -0.3 is 10.4 Å². The number of carbonyl (C=O) groups excluding carboxylic acids is 1. The van der Waals surface area contributed by atoms with Gasteiger partial charge in [-0.25, -0.2) is 9.78 Å². The Morgan fingerprint density at radius 2 is 1.81 bits per heavy atom. The molecule has 26 heavy (non-hydrogen) atoms. The summed E-state index contributed by atoms with van der Waals surface area (Å²) in [6, 6.07) is 11.8. The van der Waals surface area contributed by atoms with Crippen LogP contribution in [0.15, 0.2) is 48.5 Å². The summed E-state index contributed by atoms with van der Waals surface area (Å²) in [5.74, 6) is -2.06. The van der Waals surface area contributed by atoms with Crippen LogP contribution in [0.4, 0.5) is 5.13 Å². The van der Waals surface area contributed by atoms with Gasteiger partial charge in [0.05, 0.1) is 15.8 Å². The number of benzene rings is 2. The number of thiazole rings is 1. The molecule has 0 aliphatic carbocycles. The van der Waals surface area contributed by atoms with Crippen molar-refractivity contribution in [1.82, 2.24) is 4.98 Å². The van der Waals surface area contributed by atoms with E-state index in [4.69, 9.17) is 5.11 Å². The maximum absolute atomic E-state index is 12.4. The average molecular weight is 392 g/mol. The van der Waals surface area contributed by atoms with E-state index in [1.807, 2.05) is 0 Å². The van der Waals surface area contributed by atoms with Crippen molar-refractivity contribution < 1.29 is 27.7 Å². The summed E-state index contributed by atoms with van der Waals surface area (Å²) in [5, 5.41) is 9.67. The van der Waals surface area contributed by atoms with Crippen LogP contribution in [0.25, 0.3) is 10.2 Å². The van der Waals surface area contributed by atoms with Crippen molar-refractivity contribution in [2.75, 3.05) is 5.32 Å². The highest BCUT2D eigenvalue weighted by Gasteiger charge is 2.33. The summed E-state index contributed by atoms with van der Waals surface area (Å²) in [5.41, 5.74) is 0.638. The van der Waals surface area contributed by atoms with Gasteiger partial charge in [0.1, 0.15) is 0 Å². The van der Waals surface area contributed by atoms with E-state index in [1.54, 1.807) is 18.2 Å². The van der Waals surface area contributed by atoms with Crippen LogP contribution in [0.2, 0.25) is 0 Å². The number of aromatic nitrogens is 1. The Morgan fingerprint density at radius 3 is 2.42 bits per heavy atom. The van der Waals surface area contributed by atoms with Crippen molar-refractivity contribution >= 4 is 48.7 Å². The molecular weight excluding hydrogens is 380 g/mol. The molecule has 0 bridgehead atoms. The lowest BCUT2D eigenvalue weighted by Gasteiger charge is -2.13. The summed E-state index contributed by atoms with van der Waals surface area (Å²) in [6.07, 6.45) is 0. The van der Waals surface area contributed by atoms with Crippen molar-refractivity contribution in [3.63, 3.8) is 0 Å². The molecule has 10 heteroatoms. The molecule has 1 unspecified atom stereocenters. The normalized spacial score (nSPS) is 12.7. The minimum absolute atomic E-state index is 0.0686. The molecule has 0 saturated heterocycles. The molecule has 134 valence electrons. The Kier molecular flexibility index (Phi) is 4.72. The Balaban J connectivity index is 1.92. The molecule has 3 N–H and O–H groups in total. The fourth-order valence-corrected chi connectivity index (χ4v) is 4.11. The van der Waals surface area contributed by atoms with Crippen LogP contribution in [-0.2, 0) is 14.9 Å². The Hall–Kier alpha value is -2.82. The van der Waals surface area contributed by atoms with Gasteiger partial charge in [-0.05, 0) is 23.8 Å². The quantitative estimate of drug-likeness (QED) is 0.568. The molecule has 0 radical (unpaired) electrons. The third-order valence-corrected chi connectivity index (χ3v) is 5.52. The number of hydrogen-bond acceptors (Lipinski definition) is 6. The molecule has 0 fully saturated rings. The average Bonchev–Trinajstić information content (AvgIpc) is 2.95. The number of fused-ring (bicyclic) bond motifs is 1. The molecular formula is C16H12N2O6S2. The van der Waals surface area contributed by atoms with E-state index >= 15 is 0 Å². The first kappa shape index (κ1) is 18.0. The highest BCUT2D eigenvalue weighted by Crippen LogP contribution is 2.29. The molecule has 3 rings (SSSR count). The van der Waals surface area contributed by atoms with Crippen LogP contribution < -0.4 is 5.32 Å². The predicted octanol–water partition coefficient (Wildman–Crippen LogP) is 2.56. The van der Waals surface area contributed by atoms with E-state index in [2.05, 4.69) is 10.3 Å². The molecule has 8 nitrogen and oxygen atoms in total. The highest BCUT2D eigenvalue weighted by molar-refractivity contribution is 7.86. The SMILES string of the molecule is O=C(O)c1ccc2nc(NC(=O)C(c3ccccc3)S(=O)(=O)O)sc2c1. The minimum atomic E-state index is -4.70. The largest absolute Gasteiger partial charge is 0.478 e. The summed E-state index contributed by atoms with van der Waals surface area (Å²) in [6.45, 7) is 0. The van der Waals surface area contributed by atoms with Gasteiger partial charge in [0.15, 0.2) is 10.4 Å². The Labute approximate surface area is 151 Å². The lowest BCUT2D eigenvalue weighted by atomic mass is 10.1. The van der Waals surface area contributed by atoms with E-state index < -0.39 is 27.2 Å². The van der Waals surface area contributed by atoms with Crippen molar-refractivity contribution in [3.05, 3.63) is 59.7 Å². The molecule has 1 amide bonds. The van der Waals surface area contributed by atoms with Gasteiger partial charge >= 0.3 is 5.97 Å². The number of carboxylic acid groups (broad SMARTS) is 1. The number of amides is 1. The third kappa shape index (κ3) is 3.72. The van der Waals surface area contributed by atoms with E-state index in [9.17, 15) is 22.6 Å². The van der Waals surface area contributed by atoms with Gasteiger partial charge in [-0.15, -0.1) is 0 Å². The zero-order chi connectivity index (χ0) is 18.9. The summed E-state index contributed by atoms with van der Waals surface area (Å²) in [4.78, 5) is 27.6. The van der Waals surface area contributed by atoms with E-state index in [-0.39, 0.29) is 16.3 Å². The second kappa shape index (κ2) is 6.83. The van der Waals surface area contributed by atoms with E-state index in [0.29, 0.717) is 10.2 Å². The van der Waals surface area contributed by atoms with Crippen LogP contribution in [-0.4, -0.2) is 34.9 Å². The zero-order valence-electron chi connectivity index (χ0n) is 13.0. The van der Waals surface area contributed by atoms with Gasteiger partial charge in [-0.3, -0.25) is 9.35 Å². The number of rotatable bonds is 5. The molecule has 2 aromatic carbocycles. The van der Waals surface area contributed by atoms with E-state index in [0.717, 1.165) is 11.3 Å². The van der Waals surface area contributed by atoms with Crippen molar-refractivity contribution in [1.29, 1.82) is 0 Å². The maximum atomic E-state index is 12.4. The molecule has 3 aromatic rings. The predicted molar refractivity (Wildman–Crippen MR) is 95.9 cm³/mol. The number of carboxylic acids is 1. The van der Waals surface area contributed by atoms with Crippen LogP contribution >= 0.6 is 11.3 Å². The number of carbonyl (C=O) groups is 2. The number of hydrogen-bond donors (Lipinski definition) is 3. The smallest absolute Gasteiger partial charge is 0.335 e. The lowest BCUT2D eigenvalue weighted by molar-refractivity contribution is -0.116. The topological polar surface area (TPSA) is 134 Å². The van der Waals surface area contributed by atoms with Crippen molar-refractivity contribution in [3.8, 4) is 0 Å². The molecule has 0 saturated carbocycles. The first-order chi connectivity index (χ1) is 12.3. The molecule has 0 spiro atoms. The third-order valence-electron chi connectivity index (χ3n) is 3.50. The molecule has 1 heterocycles. The fraction of sp³-hybridized carbons (Fsp3) is 0.0625. The highest BCUT2D eigenvalue weighted by atomic mass is 32.2. The number of nitrogens with zero attached hydrogens (tertiary/aromatic N) is 1. The Morgan fingerprint density at radius 1 is 1.12 bits per heavy atom. The van der Waals surface area contributed by atoms with Gasteiger partial charge in [0, 0.05) is 0 Å². The van der Waals surface area contributed by atoms with Crippen LogP contribution in [0, 0.1) is 0 Å². The second-order valence-electron chi connectivity index (χ2n) is 5.30. The number of anilines is 1. The summed E-state index contributed by atoms with van der Waals surface area (Å²) < 4.78 is 33.3.